The zero-order chi connectivity index (χ0) is 19.0. The Morgan fingerprint density at radius 2 is 1.19 bits per heavy atom. The molecule has 0 heterocycles. The first-order chi connectivity index (χ1) is 12.5. The van der Waals surface area contributed by atoms with Crippen LogP contribution >= 0.6 is 0 Å². The van der Waals surface area contributed by atoms with Gasteiger partial charge < -0.3 is 10.6 Å². The van der Waals surface area contributed by atoms with Gasteiger partial charge in [0, 0.05) is 24.7 Å². The molecule has 0 saturated carbocycles. The standard InChI is InChI=1S/C24H36N2/c1-6-21(19-14-10-8-11-15-19)25-18-23(24(3,4)5)26-22(7-2)20-16-12-9-13-17-20/h8-17,21-23,25-26H,6-7,18H2,1-5H3/t21-,22-,23+/m0/s1. The third-order valence-corrected chi connectivity index (χ3v) is 5.24. The molecule has 0 aromatic heterocycles. The first kappa shape index (κ1) is 20.7. The normalized spacial score (nSPS) is 15.4. The SMILES string of the molecule is CC[C@H](NC[C@@H](N[C@@H](CC)c1ccccc1)C(C)(C)C)c1ccccc1. The van der Waals surface area contributed by atoms with Gasteiger partial charge in [-0.2, -0.15) is 0 Å². The van der Waals surface area contributed by atoms with E-state index in [9.17, 15) is 0 Å². The van der Waals surface area contributed by atoms with Crippen molar-refractivity contribution in [2.24, 2.45) is 5.41 Å². The number of nitrogens with one attached hydrogen (secondary N) is 2. The van der Waals surface area contributed by atoms with E-state index >= 15 is 0 Å². The van der Waals surface area contributed by atoms with Gasteiger partial charge in [-0.1, -0.05) is 95.3 Å². The highest BCUT2D eigenvalue weighted by molar-refractivity contribution is 5.20. The molecule has 2 N–H and O–H groups in total. The van der Waals surface area contributed by atoms with Crippen LogP contribution in [0.15, 0.2) is 60.7 Å². The molecule has 0 radical (unpaired) electrons. The lowest BCUT2D eigenvalue weighted by Gasteiger charge is -2.36. The molecular weight excluding hydrogens is 316 g/mol. The number of hydrogen-bond acceptors (Lipinski definition) is 2. The Labute approximate surface area is 160 Å². The van der Waals surface area contributed by atoms with E-state index in [1.165, 1.54) is 11.1 Å². The minimum Gasteiger partial charge on any atom is -0.308 e. The van der Waals surface area contributed by atoms with Crippen molar-refractivity contribution in [2.45, 2.75) is 65.6 Å². The first-order valence-electron chi connectivity index (χ1n) is 10.0. The van der Waals surface area contributed by atoms with Crippen LogP contribution in [0, 0.1) is 5.41 Å². The van der Waals surface area contributed by atoms with Crippen LogP contribution in [0.1, 0.15) is 70.7 Å². The van der Waals surface area contributed by atoms with Crippen molar-refractivity contribution in [3.05, 3.63) is 71.8 Å². The second-order valence-corrected chi connectivity index (χ2v) is 8.24. The van der Waals surface area contributed by atoms with Crippen LogP contribution in [0.25, 0.3) is 0 Å². The molecule has 26 heavy (non-hydrogen) atoms. The van der Waals surface area contributed by atoms with E-state index in [1.807, 2.05) is 0 Å². The Hall–Kier alpha value is -1.64. The summed E-state index contributed by atoms with van der Waals surface area (Å²) in [6, 6.07) is 22.8. The lowest BCUT2D eigenvalue weighted by atomic mass is 9.85. The summed E-state index contributed by atoms with van der Waals surface area (Å²) in [6.07, 6.45) is 2.18. The van der Waals surface area contributed by atoms with Gasteiger partial charge in [-0.3, -0.25) is 0 Å². The summed E-state index contributed by atoms with van der Waals surface area (Å²) >= 11 is 0. The molecule has 0 saturated heterocycles. The average Bonchev–Trinajstić information content (AvgIpc) is 2.65. The number of benzene rings is 2. The van der Waals surface area contributed by atoms with E-state index in [4.69, 9.17) is 0 Å². The monoisotopic (exact) mass is 352 g/mol. The average molecular weight is 353 g/mol. The Kier molecular flexibility index (Phi) is 7.86. The van der Waals surface area contributed by atoms with E-state index < -0.39 is 0 Å². The first-order valence-corrected chi connectivity index (χ1v) is 10.0. The molecule has 2 aromatic rings. The quantitative estimate of drug-likeness (QED) is 0.588. The molecule has 3 atom stereocenters. The number of rotatable bonds is 9. The predicted molar refractivity (Wildman–Crippen MR) is 113 cm³/mol. The van der Waals surface area contributed by atoms with E-state index in [2.05, 4.69) is 106 Å². The summed E-state index contributed by atoms with van der Waals surface area (Å²) < 4.78 is 0. The van der Waals surface area contributed by atoms with Crippen molar-refractivity contribution in [3.63, 3.8) is 0 Å². The smallest absolute Gasteiger partial charge is 0.0320 e. The fourth-order valence-corrected chi connectivity index (χ4v) is 3.44. The van der Waals surface area contributed by atoms with Crippen LogP contribution in [0.4, 0.5) is 0 Å². The molecule has 2 aromatic carbocycles. The van der Waals surface area contributed by atoms with E-state index in [1.54, 1.807) is 0 Å². The highest BCUT2D eigenvalue weighted by Gasteiger charge is 2.27. The highest BCUT2D eigenvalue weighted by atomic mass is 15.0. The van der Waals surface area contributed by atoms with Gasteiger partial charge in [-0.15, -0.1) is 0 Å². The lowest BCUT2D eigenvalue weighted by Crippen LogP contribution is -2.49. The largest absolute Gasteiger partial charge is 0.308 e. The van der Waals surface area contributed by atoms with Gasteiger partial charge in [-0.25, -0.2) is 0 Å². The second-order valence-electron chi connectivity index (χ2n) is 8.24. The Morgan fingerprint density at radius 1 is 0.731 bits per heavy atom. The molecule has 2 nitrogen and oxygen atoms in total. The fourth-order valence-electron chi connectivity index (χ4n) is 3.44. The third-order valence-electron chi connectivity index (χ3n) is 5.24. The summed E-state index contributed by atoms with van der Waals surface area (Å²) in [7, 11) is 0. The topological polar surface area (TPSA) is 24.1 Å². The van der Waals surface area contributed by atoms with E-state index in [0.29, 0.717) is 18.1 Å². The molecule has 0 aliphatic rings. The molecule has 142 valence electrons. The van der Waals surface area contributed by atoms with Crippen molar-refractivity contribution in [1.82, 2.24) is 10.6 Å². The van der Waals surface area contributed by atoms with Gasteiger partial charge in [0.25, 0.3) is 0 Å². The molecule has 0 aliphatic heterocycles. The van der Waals surface area contributed by atoms with Gasteiger partial charge in [0.1, 0.15) is 0 Å². The number of hydrogen-bond donors (Lipinski definition) is 2. The fraction of sp³-hybridized carbons (Fsp3) is 0.500. The molecule has 0 fully saturated rings. The molecule has 2 rings (SSSR count). The van der Waals surface area contributed by atoms with Gasteiger partial charge in [0.15, 0.2) is 0 Å². The Morgan fingerprint density at radius 3 is 1.62 bits per heavy atom. The second kappa shape index (κ2) is 9.89. The molecule has 0 amide bonds. The van der Waals surface area contributed by atoms with Crippen LogP contribution in [-0.2, 0) is 0 Å². The maximum atomic E-state index is 3.93. The van der Waals surface area contributed by atoms with Gasteiger partial charge in [0.2, 0.25) is 0 Å². The van der Waals surface area contributed by atoms with Gasteiger partial charge in [-0.05, 0) is 29.4 Å². The summed E-state index contributed by atoms with van der Waals surface area (Å²) in [5, 5.41) is 7.74. The highest BCUT2D eigenvalue weighted by Crippen LogP contribution is 2.25. The van der Waals surface area contributed by atoms with Crippen molar-refractivity contribution < 1.29 is 0 Å². The molecule has 0 bridgehead atoms. The van der Waals surface area contributed by atoms with Crippen molar-refractivity contribution in [1.29, 1.82) is 0 Å². The molecule has 0 unspecified atom stereocenters. The summed E-state index contributed by atoms with van der Waals surface area (Å²) in [5.74, 6) is 0. The maximum absolute atomic E-state index is 3.93. The van der Waals surface area contributed by atoms with E-state index in [0.717, 1.165) is 19.4 Å². The summed E-state index contributed by atoms with van der Waals surface area (Å²) in [4.78, 5) is 0. The lowest BCUT2D eigenvalue weighted by molar-refractivity contribution is 0.230. The minimum atomic E-state index is 0.185. The van der Waals surface area contributed by atoms with Gasteiger partial charge >= 0.3 is 0 Å². The van der Waals surface area contributed by atoms with Crippen LogP contribution in [0.2, 0.25) is 0 Å². The third kappa shape index (κ3) is 5.96. The Bertz CT molecular complexity index is 616. The zero-order valence-corrected chi connectivity index (χ0v) is 17.1. The van der Waals surface area contributed by atoms with Crippen molar-refractivity contribution >= 4 is 0 Å². The van der Waals surface area contributed by atoms with Gasteiger partial charge in [0.05, 0.1) is 0 Å². The maximum Gasteiger partial charge on any atom is 0.0320 e. The molecule has 0 aliphatic carbocycles. The van der Waals surface area contributed by atoms with Crippen LogP contribution < -0.4 is 10.6 Å². The predicted octanol–water partition coefficient (Wildman–Crippen LogP) is 5.88. The summed E-state index contributed by atoms with van der Waals surface area (Å²) in [6.45, 7) is 12.5. The molecule has 2 heteroatoms. The van der Waals surface area contributed by atoms with Crippen LogP contribution in [-0.4, -0.2) is 12.6 Å². The van der Waals surface area contributed by atoms with Crippen molar-refractivity contribution in [3.8, 4) is 0 Å². The summed E-state index contributed by atoms with van der Waals surface area (Å²) in [5.41, 5.74) is 2.93. The zero-order valence-electron chi connectivity index (χ0n) is 17.1. The molecule has 0 spiro atoms. The molecular formula is C24H36N2. The van der Waals surface area contributed by atoms with E-state index in [-0.39, 0.29) is 5.41 Å². The van der Waals surface area contributed by atoms with Crippen LogP contribution in [0.5, 0.6) is 0 Å². The van der Waals surface area contributed by atoms with Crippen molar-refractivity contribution in [2.75, 3.05) is 6.54 Å². The van der Waals surface area contributed by atoms with Crippen LogP contribution in [0.3, 0.4) is 0 Å². The Balaban J connectivity index is 2.07. The minimum absolute atomic E-state index is 0.185.